The van der Waals surface area contributed by atoms with Crippen molar-refractivity contribution in [2.24, 2.45) is 5.73 Å². The number of nitrogens with two attached hydrogens (primary N) is 1. The maximum atomic E-state index is 5.91. The fourth-order valence-electron chi connectivity index (χ4n) is 2.51. The molecule has 1 aliphatic heterocycles. The molecule has 2 rings (SSSR count). The minimum Gasteiger partial charge on any atom is -0.490 e. The molecule has 0 aromatic heterocycles. The van der Waals surface area contributed by atoms with Crippen LogP contribution in [-0.2, 0) is 11.3 Å². The van der Waals surface area contributed by atoms with Crippen LogP contribution in [-0.4, -0.2) is 25.9 Å². The largest absolute Gasteiger partial charge is 0.490 e. The van der Waals surface area contributed by atoms with Gasteiger partial charge in [-0.3, -0.25) is 0 Å². The number of rotatable bonds is 8. The van der Waals surface area contributed by atoms with Crippen LogP contribution in [0.2, 0.25) is 0 Å². The Balaban J connectivity index is 1.86. The Bertz CT molecular complexity index is 403. The quantitative estimate of drug-likeness (QED) is 0.743. The lowest BCUT2D eigenvalue weighted by Gasteiger charge is -2.16. The van der Waals surface area contributed by atoms with E-state index >= 15 is 0 Å². The van der Waals surface area contributed by atoms with Crippen LogP contribution < -0.4 is 15.2 Å². The number of para-hydroxylation sites is 1. The van der Waals surface area contributed by atoms with Crippen molar-refractivity contribution in [3.8, 4) is 11.5 Å². The summed E-state index contributed by atoms with van der Waals surface area (Å²) in [7, 11) is 0. The first-order valence-corrected chi connectivity index (χ1v) is 7.54. The molecule has 20 heavy (non-hydrogen) atoms. The summed E-state index contributed by atoms with van der Waals surface area (Å²) in [5.74, 6) is 1.58. The standard InChI is InChI=1S/C16H25NO3/c1-2-18-15-9-3-6-13(12-17)16(15)20-11-5-8-14-7-4-10-19-14/h3,6,9,14H,2,4-5,7-8,10-12,17H2,1H3. The van der Waals surface area contributed by atoms with Crippen LogP contribution in [0.5, 0.6) is 11.5 Å². The Morgan fingerprint density at radius 1 is 1.35 bits per heavy atom. The van der Waals surface area contributed by atoms with Crippen molar-refractivity contribution in [1.29, 1.82) is 0 Å². The predicted octanol–water partition coefficient (Wildman–Crippen LogP) is 2.88. The molecule has 2 N–H and O–H groups in total. The van der Waals surface area contributed by atoms with Crippen molar-refractivity contribution in [1.82, 2.24) is 0 Å². The molecule has 1 unspecified atom stereocenters. The summed E-state index contributed by atoms with van der Waals surface area (Å²) in [6, 6.07) is 5.86. The van der Waals surface area contributed by atoms with Gasteiger partial charge in [-0.1, -0.05) is 12.1 Å². The van der Waals surface area contributed by atoms with E-state index in [2.05, 4.69) is 0 Å². The average molecular weight is 279 g/mol. The zero-order valence-corrected chi connectivity index (χ0v) is 12.3. The molecular weight excluding hydrogens is 254 g/mol. The summed E-state index contributed by atoms with van der Waals surface area (Å²) in [4.78, 5) is 0. The number of hydrogen-bond donors (Lipinski definition) is 1. The first-order valence-electron chi connectivity index (χ1n) is 7.54. The van der Waals surface area contributed by atoms with Gasteiger partial charge in [-0.2, -0.15) is 0 Å². The Labute approximate surface area is 121 Å². The lowest BCUT2D eigenvalue weighted by Crippen LogP contribution is -2.10. The highest BCUT2D eigenvalue weighted by Crippen LogP contribution is 2.31. The third kappa shape index (κ3) is 4.12. The lowest BCUT2D eigenvalue weighted by molar-refractivity contribution is 0.0979. The van der Waals surface area contributed by atoms with Crippen LogP contribution in [0, 0.1) is 0 Å². The summed E-state index contributed by atoms with van der Waals surface area (Å²) in [5, 5.41) is 0. The Kier molecular flexibility index (Phi) is 6.15. The van der Waals surface area contributed by atoms with Crippen molar-refractivity contribution in [2.75, 3.05) is 19.8 Å². The Morgan fingerprint density at radius 2 is 2.25 bits per heavy atom. The molecule has 4 heteroatoms. The topological polar surface area (TPSA) is 53.7 Å². The maximum absolute atomic E-state index is 5.91. The van der Waals surface area contributed by atoms with Gasteiger partial charge < -0.3 is 19.9 Å². The van der Waals surface area contributed by atoms with E-state index in [1.165, 1.54) is 12.8 Å². The van der Waals surface area contributed by atoms with E-state index in [1.807, 2.05) is 25.1 Å². The zero-order valence-electron chi connectivity index (χ0n) is 12.3. The van der Waals surface area contributed by atoms with Gasteiger partial charge in [0.15, 0.2) is 11.5 Å². The van der Waals surface area contributed by atoms with Gasteiger partial charge >= 0.3 is 0 Å². The van der Waals surface area contributed by atoms with Crippen LogP contribution in [0.25, 0.3) is 0 Å². The summed E-state index contributed by atoms with van der Waals surface area (Å²) in [6.45, 7) is 4.64. The molecule has 0 aliphatic carbocycles. The molecule has 1 atom stereocenters. The molecule has 1 heterocycles. The van der Waals surface area contributed by atoms with E-state index in [-0.39, 0.29) is 0 Å². The summed E-state index contributed by atoms with van der Waals surface area (Å²) in [5.41, 5.74) is 6.76. The minimum absolute atomic E-state index is 0.426. The van der Waals surface area contributed by atoms with Gasteiger partial charge in [0.25, 0.3) is 0 Å². The smallest absolute Gasteiger partial charge is 0.165 e. The zero-order chi connectivity index (χ0) is 14.2. The number of benzene rings is 1. The van der Waals surface area contributed by atoms with Gasteiger partial charge in [-0.05, 0) is 38.7 Å². The SMILES string of the molecule is CCOc1cccc(CN)c1OCCCC1CCCO1. The van der Waals surface area contributed by atoms with Crippen LogP contribution in [0.4, 0.5) is 0 Å². The van der Waals surface area contributed by atoms with Gasteiger partial charge in [-0.15, -0.1) is 0 Å². The third-order valence-electron chi connectivity index (χ3n) is 3.52. The highest BCUT2D eigenvalue weighted by atomic mass is 16.5. The molecule has 1 aromatic carbocycles. The highest BCUT2D eigenvalue weighted by molar-refractivity contribution is 5.46. The van der Waals surface area contributed by atoms with Crippen LogP contribution in [0.1, 0.15) is 38.2 Å². The van der Waals surface area contributed by atoms with E-state index in [1.54, 1.807) is 0 Å². The second-order valence-corrected chi connectivity index (χ2v) is 5.01. The van der Waals surface area contributed by atoms with Crippen molar-refractivity contribution < 1.29 is 14.2 Å². The van der Waals surface area contributed by atoms with E-state index in [0.717, 1.165) is 36.5 Å². The van der Waals surface area contributed by atoms with Gasteiger partial charge in [0.05, 0.1) is 19.3 Å². The Hall–Kier alpha value is -1.26. The lowest BCUT2D eigenvalue weighted by atomic mass is 10.1. The van der Waals surface area contributed by atoms with Gasteiger partial charge in [0.2, 0.25) is 0 Å². The highest BCUT2D eigenvalue weighted by Gasteiger charge is 2.15. The fourth-order valence-corrected chi connectivity index (χ4v) is 2.51. The van der Waals surface area contributed by atoms with Crippen LogP contribution in [0.3, 0.4) is 0 Å². The number of hydrogen-bond acceptors (Lipinski definition) is 4. The van der Waals surface area contributed by atoms with Gasteiger partial charge in [0, 0.05) is 18.7 Å². The maximum Gasteiger partial charge on any atom is 0.165 e. The van der Waals surface area contributed by atoms with E-state index in [9.17, 15) is 0 Å². The summed E-state index contributed by atoms with van der Waals surface area (Å²) < 4.78 is 17.1. The second kappa shape index (κ2) is 8.12. The molecule has 0 saturated carbocycles. The summed E-state index contributed by atoms with van der Waals surface area (Å²) in [6.07, 6.45) is 4.86. The molecule has 4 nitrogen and oxygen atoms in total. The third-order valence-corrected chi connectivity index (χ3v) is 3.52. The van der Waals surface area contributed by atoms with Crippen molar-refractivity contribution in [3.63, 3.8) is 0 Å². The molecule has 0 bridgehead atoms. The number of ether oxygens (including phenoxy) is 3. The molecular formula is C16H25NO3. The monoisotopic (exact) mass is 279 g/mol. The molecule has 1 fully saturated rings. The molecule has 0 spiro atoms. The van der Waals surface area contributed by atoms with Gasteiger partial charge in [0.1, 0.15) is 0 Å². The molecule has 1 aliphatic rings. The minimum atomic E-state index is 0.426. The van der Waals surface area contributed by atoms with Crippen LogP contribution >= 0.6 is 0 Å². The molecule has 112 valence electrons. The van der Waals surface area contributed by atoms with E-state index in [0.29, 0.717) is 25.9 Å². The molecule has 1 saturated heterocycles. The van der Waals surface area contributed by atoms with Crippen molar-refractivity contribution >= 4 is 0 Å². The predicted molar refractivity (Wildman–Crippen MR) is 79.2 cm³/mol. The second-order valence-electron chi connectivity index (χ2n) is 5.01. The first kappa shape index (κ1) is 15.1. The molecule has 0 radical (unpaired) electrons. The average Bonchev–Trinajstić information content (AvgIpc) is 2.98. The molecule has 1 aromatic rings. The molecule has 0 amide bonds. The first-order chi connectivity index (χ1) is 9.85. The van der Waals surface area contributed by atoms with Crippen molar-refractivity contribution in [3.05, 3.63) is 23.8 Å². The summed E-state index contributed by atoms with van der Waals surface area (Å²) >= 11 is 0. The van der Waals surface area contributed by atoms with Crippen LogP contribution in [0.15, 0.2) is 18.2 Å². The van der Waals surface area contributed by atoms with E-state index < -0.39 is 0 Å². The fraction of sp³-hybridized carbons (Fsp3) is 0.625. The van der Waals surface area contributed by atoms with Gasteiger partial charge in [-0.25, -0.2) is 0 Å². The Morgan fingerprint density at radius 3 is 2.95 bits per heavy atom. The normalized spacial score (nSPS) is 18.2. The van der Waals surface area contributed by atoms with E-state index in [4.69, 9.17) is 19.9 Å². The van der Waals surface area contributed by atoms with Crippen molar-refractivity contribution in [2.45, 2.75) is 45.3 Å².